The van der Waals surface area contributed by atoms with E-state index in [1.54, 1.807) is 24.3 Å². The molecule has 0 saturated heterocycles. The quantitative estimate of drug-likeness (QED) is 0.835. The molecule has 2 N–H and O–H groups in total. The Bertz CT molecular complexity index is 669. The van der Waals surface area contributed by atoms with Crippen molar-refractivity contribution in [2.24, 2.45) is 0 Å². The molecule has 1 amide bonds. The molecule has 0 aliphatic carbocycles. The van der Waals surface area contributed by atoms with Crippen molar-refractivity contribution in [2.75, 3.05) is 19.0 Å². The lowest BCUT2D eigenvalue weighted by molar-refractivity contribution is 0.102. The van der Waals surface area contributed by atoms with Crippen LogP contribution in [0, 0.1) is 11.8 Å². The first-order valence-electron chi connectivity index (χ1n) is 6.24. The number of aliphatic hydroxyl groups excluding tert-OH is 1. The summed E-state index contributed by atoms with van der Waals surface area (Å²) in [7, 11) is 1.53. The van der Waals surface area contributed by atoms with Gasteiger partial charge in [-0.2, -0.15) is 0 Å². The van der Waals surface area contributed by atoms with Gasteiger partial charge in [0.15, 0.2) is 5.82 Å². The Morgan fingerprint density at radius 2 is 2.33 bits per heavy atom. The van der Waals surface area contributed by atoms with Crippen molar-refractivity contribution in [3.8, 4) is 17.6 Å². The average Bonchev–Trinajstić information content (AvgIpc) is 3.00. The minimum absolute atomic E-state index is 0.0123. The maximum absolute atomic E-state index is 12.1. The van der Waals surface area contributed by atoms with E-state index in [2.05, 4.69) is 26.8 Å². The number of anilines is 1. The average molecular weight is 286 g/mol. The molecule has 6 heteroatoms. The molecule has 1 heterocycles. The fourth-order valence-electron chi connectivity index (χ4n) is 1.63. The smallest absolute Gasteiger partial charge is 0.256 e. The van der Waals surface area contributed by atoms with Gasteiger partial charge in [0, 0.05) is 18.1 Å². The molecule has 0 bridgehead atoms. The minimum Gasteiger partial charge on any atom is -0.495 e. The van der Waals surface area contributed by atoms with Gasteiger partial charge in [-0.15, -0.1) is 0 Å². The summed E-state index contributed by atoms with van der Waals surface area (Å²) in [6, 6.07) is 6.47. The largest absolute Gasteiger partial charge is 0.495 e. The van der Waals surface area contributed by atoms with Crippen LogP contribution < -0.4 is 10.1 Å². The Labute approximate surface area is 121 Å². The maximum Gasteiger partial charge on any atom is 0.256 e. The van der Waals surface area contributed by atoms with Crippen molar-refractivity contribution < 1.29 is 19.2 Å². The van der Waals surface area contributed by atoms with Gasteiger partial charge in [-0.1, -0.05) is 17.0 Å². The van der Waals surface area contributed by atoms with Crippen LogP contribution >= 0.6 is 0 Å². The number of methoxy groups -OCH3 is 1. The van der Waals surface area contributed by atoms with Gasteiger partial charge in [-0.05, 0) is 18.2 Å². The molecular weight excluding hydrogens is 272 g/mol. The molecular formula is C15H14N2O4. The molecule has 21 heavy (non-hydrogen) atoms. The van der Waals surface area contributed by atoms with Crippen molar-refractivity contribution >= 4 is 11.7 Å². The summed E-state index contributed by atoms with van der Waals surface area (Å²) in [4.78, 5) is 12.1. The number of nitrogens with zero attached hydrogens (tertiary/aromatic N) is 1. The normalized spacial score (nSPS) is 9.62. The first-order valence-corrected chi connectivity index (χ1v) is 6.24. The first kappa shape index (κ1) is 14.6. The molecule has 0 aliphatic heterocycles. The number of rotatable bonds is 4. The molecule has 108 valence electrons. The molecule has 1 aromatic heterocycles. The molecule has 0 fully saturated rings. The molecule has 1 aromatic carbocycles. The number of carbonyl (C=O) groups excluding carboxylic acids is 1. The number of amides is 1. The lowest BCUT2D eigenvalue weighted by atomic mass is 10.1. The third-order valence-electron chi connectivity index (χ3n) is 2.60. The van der Waals surface area contributed by atoms with Gasteiger partial charge in [-0.3, -0.25) is 4.79 Å². The third kappa shape index (κ3) is 3.84. The van der Waals surface area contributed by atoms with Crippen LogP contribution in [-0.2, 0) is 0 Å². The summed E-state index contributed by atoms with van der Waals surface area (Å²) < 4.78 is 9.84. The van der Waals surface area contributed by atoms with Crippen LogP contribution in [0.4, 0.5) is 5.82 Å². The van der Waals surface area contributed by atoms with E-state index in [-0.39, 0.29) is 12.5 Å². The lowest BCUT2D eigenvalue weighted by Gasteiger charge is -2.06. The lowest BCUT2D eigenvalue weighted by Crippen LogP contribution is -2.12. The van der Waals surface area contributed by atoms with Crippen molar-refractivity contribution in [3.63, 3.8) is 0 Å². The molecule has 0 saturated carbocycles. The molecule has 0 radical (unpaired) electrons. The van der Waals surface area contributed by atoms with Crippen LogP contribution in [0.5, 0.6) is 5.75 Å². The van der Waals surface area contributed by atoms with Gasteiger partial charge in [0.2, 0.25) is 0 Å². The van der Waals surface area contributed by atoms with Gasteiger partial charge in [0.1, 0.15) is 12.0 Å². The van der Waals surface area contributed by atoms with Crippen LogP contribution in [0.3, 0.4) is 0 Å². The summed E-state index contributed by atoms with van der Waals surface area (Å²) in [5.74, 6) is 6.25. The number of carbonyl (C=O) groups is 1. The van der Waals surface area contributed by atoms with Gasteiger partial charge in [-0.25, -0.2) is 0 Å². The summed E-state index contributed by atoms with van der Waals surface area (Å²) in [5.41, 5.74) is 1.01. The van der Waals surface area contributed by atoms with Crippen molar-refractivity contribution in [3.05, 3.63) is 41.7 Å². The number of nitrogens with one attached hydrogen (secondary N) is 1. The zero-order valence-corrected chi connectivity index (χ0v) is 11.4. The van der Waals surface area contributed by atoms with E-state index in [1.807, 2.05) is 0 Å². The van der Waals surface area contributed by atoms with Crippen LogP contribution in [0.15, 0.2) is 35.1 Å². The van der Waals surface area contributed by atoms with Crippen LogP contribution in [-0.4, -0.2) is 29.9 Å². The van der Waals surface area contributed by atoms with E-state index in [0.717, 1.165) is 0 Å². The summed E-state index contributed by atoms with van der Waals surface area (Å²) in [6.07, 6.45) is 1.73. The SMILES string of the molecule is COc1ccc(C(=O)Nc2ccon2)cc1C#CCCO. The van der Waals surface area contributed by atoms with Gasteiger partial charge < -0.3 is 19.7 Å². The van der Waals surface area contributed by atoms with E-state index in [4.69, 9.17) is 9.84 Å². The molecule has 2 aromatic rings. The number of benzene rings is 1. The zero-order valence-electron chi connectivity index (χ0n) is 11.4. The fourth-order valence-corrected chi connectivity index (χ4v) is 1.63. The molecule has 2 rings (SSSR count). The Morgan fingerprint density at radius 3 is 3.00 bits per heavy atom. The molecule has 0 aliphatic rings. The van der Waals surface area contributed by atoms with E-state index < -0.39 is 0 Å². The highest BCUT2D eigenvalue weighted by molar-refractivity contribution is 6.04. The van der Waals surface area contributed by atoms with E-state index in [9.17, 15) is 4.79 Å². The zero-order chi connectivity index (χ0) is 15.1. The second-order valence-corrected chi connectivity index (χ2v) is 4.03. The summed E-state index contributed by atoms with van der Waals surface area (Å²) in [6.45, 7) is -0.0123. The monoisotopic (exact) mass is 286 g/mol. The first-order chi connectivity index (χ1) is 10.2. The number of aromatic nitrogens is 1. The predicted octanol–water partition coefficient (Wildman–Crippen LogP) is 1.67. The van der Waals surface area contributed by atoms with Crippen LogP contribution in [0.1, 0.15) is 22.3 Å². The van der Waals surface area contributed by atoms with Gasteiger partial charge in [0.25, 0.3) is 5.91 Å². The number of hydrogen-bond acceptors (Lipinski definition) is 5. The third-order valence-corrected chi connectivity index (χ3v) is 2.60. The standard InChI is InChI=1S/C15H14N2O4/c1-20-13-6-5-12(10-11(13)4-2-3-8-18)15(19)16-14-7-9-21-17-14/h5-7,9-10,18H,3,8H2,1H3,(H,16,17,19). The van der Waals surface area contributed by atoms with Gasteiger partial charge >= 0.3 is 0 Å². The Hall–Kier alpha value is -2.78. The van der Waals surface area contributed by atoms with E-state index in [0.29, 0.717) is 29.1 Å². The van der Waals surface area contributed by atoms with Crippen molar-refractivity contribution in [1.29, 1.82) is 0 Å². The predicted molar refractivity (Wildman–Crippen MR) is 76.0 cm³/mol. The van der Waals surface area contributed by atoms with Crippen molar-refractivity contribution in [2.45, 2.75) is 6.42 Å². The summed E-state index contributed by atoms with van der Waals surface area (Å²) >= 11 is 0. The molecule has 6 nitrogen and oxygen atoms in total. The van der Waals surface area contributed by atoms with Gasteiger partial charge in [0.05, 0.1) is 19.3 Å². The Kier molecular flexibility index (Phi) is 4.96. The number of hydrogen-bond donors (Lipinski definition) is 2. The summed E-state index contributed by atoms with van der Waals surface area (Å²) in [5, 5.41) is 15.0. The minimum atomic E-state index is -0.322. The molecule has 0 atom stereocenters. The topological polar surface area (TPSA) is 84.6 Å². The number of aliphatic hydroxyl groups is 1. The van der Waals surface area contributed by atoms with E-state index >= 15 is 0 Å². The second-order valence-electron chi connectivity index (χ2n) is 4.03. The number of ether oxygens (including phenoxy) is 1. The highest BCUT2D eigenvalue weighted by Gasteiger charge is 2.10. The Morgan fingerprint density at radius 1 is 1.48 bits per heavy atom. The molecule has 0 spiro atoms. The van der Waals surface area contributed by atoms with E-state index in [1.165, 1.54) is 13.4 Å². The Balaban J connectivity index is 2.22. The fraction of sp³-hybridized carbons (Fsp3) is 0.200. The molecule has 0 unspecified atom stereocenters. The van der Waals surface area contributed by atoms with Crippen molar-refractivity contribution in [1.82, 2.24) is 5.16 Å². The maximum atomic E-state index is 12.1. The highest BCUT2D eigenvalue weighted by Crippen LogP contribution is 2.19. The van der Waals surface area contributed by atoms with Crippen LogP contribution in [0.25, 0.3) is 0 Å². The highest BCUT2D eigenvalue weighted by atomic mass is 16.5. The van der Waals surface area contributed by atoms with Crippen LogP contribution in [0.2, 0.25) is 0 Å². The second kappa shape index (κ2) is 7.12.